The Morgan fingerprint density at radius 1 is 1.75 bits per heavy atom. The third kappa shape index (κ3) is 5.72. The lowest BCUT2D eigenvalue weighted by atomic mass is 10.7. The molecule has 0 unspecified atom stereocenters. The highest BCUT2D eigenvalue weighted by molar-refractivity contribution is 5.85. The topological polar surface area (TPSA) is 38.3 Å². The summed E-state index contributed by atoms with van der Waals surface area (Å²) < 4.78 is 4.29. The molecule has 0 aliphatic rings. The molecule has 0 aromatic rings. The van der Waals surface area contributed by atoms with E-state index in [2.05, 4.69) is 10.1 Å². The van der Waals surface area contributed by atoms with Gasteiger partial charge in [-0.15, -0.1) is 12.4 Å². The Balaban J connectivity index is 0. The number of hydrogen-bond acceptors (Lipinski definition) is 3. The molecule has 0 radical (unpaired) electrons. The van der Waals surface area contributed by atoms with Crippen LogP contribution in [0.3, 0.4) is 0 Å². The van der Waals surface area contributed by atoms with Gasteiger partial charge in [0.05, 0.1) is 13.7 Å². The number of esters is 1. The van der Waals surface area contributed by atoms with Gasteiger partial charge in [0.1, 0.15) is 0 Å². The molecule has 50 valence electrons. The number of carbonyl (C=O) groups is 1. The molecule has 0 saturated carbocycles. The van der Waals surface area contributed by atoms with Gasteiger partial charge in [-0.3, -0.25) is 4.79 Å². The van der Waals surface area contributed by atoms with E-state index in [0.717, 1.165) is 0 Å². The minimum atomic E-state index is -0.234. The van der Waals surface area contributed by atoms with Crippen LogP contribution in [-0.2, 0) is 9.53 Å². The average molecular weight is 140 g/mol. The Morgan fingerprint density at radius 3 is 2.38 bits per heavy atom. The number of likely N-dealkylation sites (N-methyl/N-ethyl adjacent to an activating group) is 1. The van der Waals surface area contributed by atoms with Crippen molar-refractivity contribution in [3.63, 3.8) is 0 Å². The molecule has 3 nitrogen and oxygen atoms in total. The highest BCUT2D eigenvalue weighted by atomic mass is 35.5. The molecule has 0 fully saturated rings. The lowest BCUT2D eigenvalue weighted by molar-refractivity contribution is -0.139. The van der Waals surface area contributed by atoms with E-state index in [1.54, 1.807) is 7.05 Å². The molecule has 0 aromatic carbocycles. The number of ether oxygens (including phenoxy) is 1. The zero-order chi connectivity index (χ0) is 5.70. The molecule has 0 aliphatic heterocycles. The molecule has 0 heterocycles. The van der Waals surface area contributed by atoms with E-state index in [1.165, 1.54) is 7.11 Å². The summed E-state index contributed by atoms with van der Waals surface area (Å²) in [6.45, 7) is 0.288. The Morgan fingerprint density at radius 2 is 2.25 bits per heavy atom. The van der Waals surface area contributed by atoms with Gasteiger partial charge in [-0.2, -0.15) is 0 Å². The van der Waals surface area contributed by atoms with E-state index >= 15 is 0 Å². The Bertz CT molecular complexity index is 67.1. The van der Waals surface area contributed by atoms with E-state index in [-0.39, 0.29) is 24.9 Å². The second kappa shape index (κ2) is 6.72. The van der Waals surface area contributed by atoms with Crippen molar-refractivity contribution in [3.05, 3.63) is 0 Å². The largest absolute Gasteiger partial charge is 0.468 e. The predicted molar refractivity (Wildman–Crippen MR) is 33.2 cm³/mol. The maximum atomic E-state index is 10.1. The van der Waals surface area contributed by atoms with Crippen LogP contribution in [-0.4, -0.2) is 26.7 Å². The van der Waals surface area contributed by atoms with Crippen LogP contribution >= 0.6 is 12.4 Å². The van der Waals surface area contributed by atoms with Crippen LogP contribution in [0.25, 0.3) is 0 Å². The molecule has 0 rings (SSSR count). The molecule has 4 heteroatoms. The maximum Gasteiger partial charge on any atom is 0.319 e. The van der Waals surface area contributed by atoms with Crippen molar-refractivity contribution in [1.82, 2.24) is 5.32 Å². The monoisotopic (exact) mass is 139 g/mol. The van der Waals surface area contributed by atoms with E-state index in [9.17, 15) is 4.79 Å². The molecule has 0 aromatic heterocycles. The second-order valence-corrected chi connectivity index (χ2v) is 1.11. The summed E-state index contributed by atoms with van der Waals surface area (Å²) in [7, 11) is 3.05. The smallest absolute Gasteiger partial charge is 0.319 e. The summed E-state index contributed by atoms with van der Waals surface area (Å²) in [5.74, 6) is -0.234. The Hall–Kier alpha value is -0.280. The van der Waals surface area contributed by atoms with Gasteiger partial charge >= 0.3 is 5.97 Å². The number of carbonyl (C=O) groups excluding carboxylic acids is 1. The standard InChI is InChI=1S/C4H9NO2.ClH/c1-5-3-4(6)7-2;/h5H,3H2,1-2H3;1H. The van der Waals surface area contributed by atoms with Gasteiger partial charge in [0.25, 0.3) is 0 Å². The zero-order valence-electron chi connectivity index (χ0n) is 4.93. The molecular formula is C4H10ClNO2. The summed E-state index contributed by atoms with van der Waals surface area (Å²) in [5.41, 5.74) is 0. The van der Waals surface area contributed by atoms with Crippen molar-refractivity contribution >= 4 is 18.4 Å². The quantitative estimate of drug-likeness (QED) is 0.539. The van der Waals surface area contributed by atoms with E-state index in [1.807, 2.05) is 0 Å². The van der Waals surface area contributed by atoms with Crippen LogP contribution in [0.4, 0.5) is 0 Å². The second-order valence-electron chi connectivity index (χ2n) is 1.11. The maximum absolute atomic E-state index is 10.1. The predicted octanol–water partition coefficient (Wildman–Crippen LogP) is -0.199. The van der Waals surface area contributed by atoms with Crippen molar-refractivity contribution < 1.29 is 9.53 Å². The van der Waals surface area contributed by atoms with Crippen LogP contribution in [0, 0.1) is 0 Å². The highest BCUT2D eigenvalue weighted by Gasteiger charge is 1.91. The summed E-state index contributed by atoms with van der Waals surface area (Å²) in [6.07, 6.45) is 0. The molecule has 0 aliphatic carbocycles. The molecule has 0 bridgehead atoms. The molecule has 0 amide bonds. The number of halogens is 1. The van der Waals surface area contributed by atoms with Gasteiger partial charge in [0.2, 0.25) is 0 Å². The van der Waals surface area contributed by atoms with Crippen LogP contribution in [0.2, 0.25) is 0 Å². The lowest BCUT2D eigenvalue weighted by Crippen LogP contribution is -2.19. The van der Waals surface area contributed by atoms with Gasteiger partial charge in [-0.25, -0.2) is 0 Å². The molecular weight excluding hydrogens is 130 g/mol. The van der Waals surface area contributed by atoms with Crippen molar-refractivity contribution in [3.8, 4) is 0 Å². The van der Waals surface area contributed by atoms with Gasteiger partial charge in [-0.1, -0.05) is 0 Å². The number of rotatable bonds is 2. The number of nitrogens with one attached hydrogen (secondary N) is 1. The van der Waals surface area contributed by atoms with E-state index in [4.69, 9.17) is 0 Å². The van der Waals surface area contributed by atoms with Crippen molar-refractivity contribution in [2.45, 2.75) is 0 Å². The SMILES string of the molecule is CNCC(=O)OC.Cl. The lowest BCUT2D eigenvalue weighted by Gasteiger charge is -1.93. The van der Waals surface area contributed by atoms with Gasteiger partial charge in [0, 0.05) is 0 Å². The third-order valence-electron chi connectivity index (χ3n) is 0.549. The van der Waals surface area contributed by atoms with Gasteiger partial charge in [0.15, 0.2) is 0 Å². The summed E-state index contributed by atoms with van der Waals surface area (Å²) >= 11 is 0. The first-order valence-electron chi connectivity index (χ1n) is 2.02. The molecule has 1 N–H and O–H groups in total. The van der Waals surface area contributed by atoms with E-state index < -0.39 is 0 Å². The van der Waals surface area contributed by atoms with Crippen LogP contribution < -0.4 is 5.32 Å². The summed E-state index contributed by atoms with van der Waals surface area (Å²) in [4.78, 5) is 10.1. The van der Waals surface area contributed by atoms with Gasteiger partial charge < -0.3 is 10.1 Å². The summed E-state index contributed by atoms with van der Waals surface area (Å²) in [6, 6.07) is 0. The fourth-order valence-corrected chi connectivity index (χ4v) is 0.217. The minimum absolute atomic E-state index is 0. The first-order chi connectivity index (χ1) is 3.31. The molecule has 8 heavy (non-hydrogen) atoms. The molecule has 0 atom stereocenters. The van der Waals surface area contributed by atoms with Gasteiger partial charge in [-0.05, 0) is 7.05 Å². The first kappa shape index (κ1) is 10.7. The normalized spacial score (nSPS) is 7.25. The first-order valence-corrected chi connectivity index (χ1v) is 2.02. The van der Waals surface area contributed by atoms with Crippen molar-refractivity contribution in [2.24, 2.45) is 0 Å². The van der Waals surface area contributed by atoms with Crippen LogP contribution in [0.1, 0.15) is 0 Å². The third-order valence-corrected chi connectivity index (χ3v) is 0.549. The summed E-state index contributed by atoms with van der Waals surface area (Å²) in [5, 5.41) is 2.64. The molecule has 0 spiro atoms. The van der Waals surface area contributed by atoms with E-state index in [0.29, 0.717) is 0 Å². The van der Waals surface area contributed by atoms with Crippen molar-refractivity contribution in [1.29, 1.82) is 0 Å². The van der Waals surface area contributed by atoms with Crippen molar-refractivity contribution in [2.75, 3.05) is 20.7 Å². The Labute approximate surface area is 54.8 Å². The number of methoxy groups -OCH3 is 1. The zero-order valence-corrected chi connectivity index (χ0v) is 5.75. The Kier molecular flexibility index (Phi) is 8.95. The van der Waals surface area contributed by atoms with Crippen LogP contribution in [0.15, 0.2) is 0 Å². The minimum Gasteiger partial charge on any atom is -0.468 e. The fourth-order valence-electron chi connectivity index (χ4n) is 0.217. The average Bonchev–Trinajstić information content (AvgIpc) is 1.68. The number of hydrogen-bond donors (Lipinski definition) is 1. The fraction of sp³-hybridized carbons (Fsp3) is 0.750. The highest BCUT2D eigenvalue weighted by Crippen LogP contribution is 1.64. The molecule has 0 saturated heterocycles. The van der Waals surface area contributed by atoms with Crippen LogP contribution in [0.5, 0.6) is 0 Å².